The Labute approximate surface area is 159 Å². The van der Waals surface area contributed by atoms with Gasteiger partial charge in [0.15, 0.2) is 0 Å². The Morgan fingerprint density at radius 1 is 0.926 bits per heavy atom. The van der Waals surface area contributed by atoms with E-state index < -0.39 is 0 Å². The van der Waals surface area contributed by atoms with Crippen molar-refractivity contribution in [2.45, 2.75) is 38.1 Å². The molecule has 4 heterocycles. The van der Waals surface area contributed by atoms with Crippen LogP contribution < -0.4 is 0 Å². The fraction of sp³-hybridized carbons (Fsp3) is 0.500. The first-order valence-corrected chi connectivity index (χ1v) is 10.1. The van der Waals surface area contributed by atoms with Gasteiger partial charge in [-0.05, 0) is 43.7 Å². The van der Waals surface area contributed by atoms with Gasteiger partial charge < -0.3 is 9.80 Å². The van der Waals surface area contributed by atoms with Gasteiger partial charge in [0.25, 0.3) is 5.91 Å². The van der Waals surface area contributed by atoms with Crippen molar-refractivity contribution in [3.8, 4) is 0 Å². The largest absolute Gasteiger partial charge is 0.340 e. The Kier molecular flexibility index (Phi) is 4.10. The molecule has 6 rings (SSSR count). The molecule has 4 fully saturated rings. The highest BCUT2D eigenvalue weighted by Gasteiger charge is 2.41. The first kappa shape index (κ1) is 16.7. The molecule has 27 heavy (non-hydrogen) atoms. The summed E-state index contributed by atoms with van der Waals surface area (Å²) >= 11 is 0. The maximum Gasteiger partial charge on any atom is 0.272 e. The van der Waals surface area contributed by atoms with Gasteiger partial charge in [-0.15, -0.1) is 0 Å². The smallest absolute Gasteiger partial charge is 0.272 e. The quantitative estimate of drug-likeness (QED) is 0.824. The summed E-state index contributed by atoms with van der Waals surface area (Å²) in [6.07, 6.45) is 5.34. The van der Waals surface area contributed by atoms with Crippen LogP contribution in [0.2, 0.25) is 0 Å². The van der Waals surface area contributed by atoms with E-state index in [0.717, 1.165) is 49.7 Å². The summed E-state index contributed by atoms with van der Waals surface area (Å²) in [5, 5.41) is 1.05. The van der Waals surface area contributed by atoms with E-state index >= 15 is 0 Å². The van der Waals surface area contributed by atoms with Crippen LogP contribution in [0.25, 0.3) is 10.9 Å². The number of carbonyl (C=O) groups is 2. The van der Waals surface area contributed by atoms with Crippen LogP contribution in [-0.2, 0) is 4.79 Å². The number of rotatable bonds is 2. The molecule has 0 N–H and O–H groups in total. The minimum Gasteiger partial charge on any atom is -0.340 e. The molecule has 3 aliphatic heterocycles. The Hall–Kier alpha value is -2.43. The van der Waals surface area contributed by atoms with E-state index in [1.165, 1.54) is 6.42 Å². The lowest BCUT2D eigenvalue weighted by atomic mass is 9.84. The van der Waals surface area contributed by atoms with Crippen molar-refractivity contribution in [3.05, 3.63) is 42.1 Å². The van der Waals surface area contributed by atoms with Crippen LogP contribution >= 0.6 is 0 Å². The number of amides is 2. The Morgan fingerprint density at radius 2 is 1.78 bits per heavy atom. The molecule has 2 unspecified atom stereocenters. The zero-order valence-corrected chi connectivity index (χ0v) is 15.5. The number of fused-ring (bicyclic) bond motifs is 5. The van der Waals surface area contributed by atoms with Gasteiger partial charge >= 0.3 is 0 Å². The summed E-state index contributed by atoms with van der Waals surface area (Å²) in [6.45, 7) is 2.23. The van der Waals surface area contributed by atoms with E-state index in [1.54, 1.807) is 0 Å². The molecule has 2 bridgehead atoms. The van der Waals surface area contributed by atoms with Crippen LogP contribution in [-0.4, -0.2) is 52.3 Å². The lowest BCUT2D eigenvalue weighted by Crippen LogP contribution is -2.48. The summed E-state index contributed by atoms with van der Waals surface area (Å²) in [6, 6.07) is 11.8. The minimum absolute atomic E-state index is 0.00777. The second-order valence-corrected chi connectivity index (χ2v) is 8.31. The van der Waals surface area contributed by atoms with Crippen LogP contribution in [0.5, 0.6) is 0 Å². The Morgan fingerprint density at radius 3 is 2.59 bits per heavy atom. The highest BCUT2D eigenvalue weighted by molar-refractivity contribution is 5.95. The molecule has 140 valence electrons. The molecule has 0 radical (unpaired) electrons. The molecular formula is C22H25N3O2. The molecule has 4 aliphatic rings. The standard InChI is InChI=1S/C22H25N3O2/c26-21(17-5-3-6-17)24-12-15-8-10-18(14-24)25(13-15)22(27)20-11-9-16-4-1-2-7-19(16)23-20/h1-2,4,7,9,11,15,17-18H,3,5-6,8,10,12-14H2. The van der Waals surface area contributed by atoms with Gasteiger partial charge in [0.05, 0.1) is 5.52 Å². The normalized spacial score (nSPS) is 25.3. The minimum atomic E-state index is 0.00777. The molecular weight excluding hydrogens is 338 g/mol. The fourth-order valence-corrected chi connectivity index (χ4v) is 4.76. The van der Waals surface area contributed by atoms with E-state index in [1.807, 2.05) is 46.2 Å². The predicted molar refractivity (Wildman–Crippen MR) is 103 cm³/mol. The van der Waals surface area contributed by atoms with Gasteiger partial charge in [0, 0.05) is 37.0 Å². The monoisotopic (exact) mass is 363 g/mol. The van der Waals surface area contributed by atoms with Gasteiger partial charge in [-0.2, -0.15) is 0 Å². The molecule has 2 amide bonds. The maximum atomic E-state index is 13.2. The first-order valence-electron chi connectivity index (χ1n) is 10.1. The van der Waals surface area contributed by atoms with Crippen molar-refractivity contribution in [1.29, 1.82) is 0 Å². The number of carbonyl (C=O) groups excluding carboxylic acids is 2. The number of piperidine rings is 1. The van der Waals surface area contributed by atoms with E-state index in [2.05, 4.69) is 4.98 Å². The van der Waals surface area contributed by atoms with Crippen molar-refractivity contribution in [3.63, 3.8) is 0 Å². The maximum absolute atomic E-state index is 13.2. The topological polar surface area (TPSA) is 53.5 Å². The second kappa shape index (κ2) is 6.63. The Bertz CT molecular complexity index is 892. The zero-order valence-electron chi connectivity index (χ0n) is 15.5. The predicted octanol–water partition coefficient (Wildman–Crippen LogP) is 3.10. The zero-order chi connectivity index (χ0) is 18.4. The molecule has 3 saturated heterocycles. The first-order chi connectivity index (χ1) is 13.2. The lowest BCUT2D eigenvalue weighted by Gasteiger charge is -2.36. The second-order valence-electron chi connectivity index (χ2n) is 8.31. The highest BCUT2D eigenvalue weighted by atomic mass is 16.2. The number of aromatic nitrogens is 1. The van der Waals surface area contributed by atoms with Crippen molar-refractivity contribution in [2.24, 2.45) is 11.8 Å². The van der Waals surface area contributed by atoms with Crippen LogP contribution in [0, 0.1) is 11.8 Å². The summed E-state index contributed by atoms with van der Waals surface area (Å²) < 4.78 is 0. The van der Waals surface area contributed by atoms with Gasteiger partial charge in [0.1, 0.15) is 5.69 Å². The van der Waals surface area contributed by atoms with Crippen molar-refractivity contribution in [2.75, 3.05) is 19.6 Å². The molecule has 2 atom stereocenters. The van der Waals surface area contributed by atoms with E-state index in [0.29, 0.717) is 24.1 Å². The molecule has 5 heteroatoms. The van der Waals surface area contributed by atoms with Gasteiger partial charge in [-0.3, -0.25) is 9.59 Å². The van der Waals surface area contributed by atoms with Crippen molar-refractivity contribution >= 4 is 22.7 Å². The third kappa shape index (κ3) is 2.99. The number of nitrogens with zero attached hydrogens (tertiary/aromatic N) is 3. The number of hydrogen-bond acceptors (Lipinski definition) is 3. The number of para-hydroxylation sites is 1. The summed E-state index contributed by atoms with van der Waals surface area (Å²) in [7, 11) is 0. The van der Waals surface area contributed by atoms with E-state index in [9.17, 15) is 9.59 Å². The van der Waals surface area contributed by atoms with Gasteiger partial charge in [-0.25, -0.2) is 4.98 Å². The summed E-state index contributed by atoms with van der Waals surface area (Å²) in [5.41, 5.74) is 1.36. The third-order valence-electron chi connectivity index (χ3n) is 6.56. The van der Waals surface area contributed by atoms with Crippen LogP contribution in [0.1, 0.15) is 42.6 Å². The van der Waals surface area contributed by atoms with Crippen molar-refractivity contribution < 1.29 is 9.59 Å². The summed E-state index contributed by atoms with van der Waals surface area (Å²) in [4.78, 5) is 34.6. The molecule has 2 aromatic rings. The highest BCUT2D eigenvalue weighted by Crippen LogP contribution is 2.33. The number of hydrogen-bond donors (Lipinski definition) is 0. The average molecular weight is 363 g/mol. The van der Waals surface area contributed by atoms with Crippen LogP contribution in [0.3, 0.4) is 0 Å². The van der Waals surface area contributed by atoms with Crippen LogP contribution in [0.15, 0.2) is 36.4 Å². The SMILES string of the molecule is O=C(C1CCC1)N1CC2CCC(C1)N(C(=O)c1ccc3ccccc3n1)C2. The van der Waals surface area contributed by atoms with E-state index in [4.69, 9.17) is 0 Å². The molecule has 1 saturated carbocycles. The molecule has 5 nitrogen and oxygen atoms in total. The van der Waals surface area contributed by atoms with Crippen molar-refractivity contribution in [1.82, 2.24) is 14.8 Å². The Balaban J connectivity index is 1.38. The van der Waals surface area contributed by atoms with Gasteiger partial charge in [-0.1, -0.05) is 30.7 Å². The fourth-order valence-electron chi connectivity index (χ4n) is 4.76. The molecule has 1 aromatic heterocycles. The van der Waals surface area contributed by atoms with Gasteiger partial charge in [0.2, 0.25) is 5.91 Å². The average Bonchev–Trinajstić information content (AvgIpc) is 2.98. The molecule has 0 spiro atoms. The van der Waals surface area contributed by atoms with E-state index in [-0.39, 0.29) is 17.9 Å². The third-order valence-corrected chi connectivity index (χ3v) is 6.56. The number of benzene rings is 1. The molecule has 1 aliphatic carbocycles. The van der Waals surface area contributed by atoms with Crippen LogP contribution in [0.4, 0.5) is 0 Å². The summed E-state index contributed by atoms with van der Waals surface area (Å²) in [5.74, 6) is 0.940. The number of pyridine rings is 1. The molecule has 1 aromatic carbocycles. The lowest BCUT2D eigenvalue weighted by molar-refractivity contribution is -0.138.